The normalized spacial score (nSPS) is 15.7. The van der Waals surface area contributed by atoms with Crippen LogP contribution in [0.5, 0.6) is 0 Å². The van der Waals surface area contributed by atoms with Gasteiger partial charge in [0.15, 0.2) is 0 Å². The minimum atomic E-state index is -0.244. The third-order valence-electron chi connectivity index (χ3n) is 4.10. The lowest BCUT2D eigenvalue weighted by molar-refractivity contribution is -0.121. The van der Waals surface area contributed by atoms with Crippen LogP contribution in [0.15, 0.2) is 24.3 Å². The number of ether oxygens (including phenoxy) is 1. The number of carbonyl (C=O) groups is 1. The van der Waals surface area contributed by atoms with E-state index in [0.717, 1.165) is 18.6 Å². The lowest BCUT2D eigenvalue weighted by Gasteiger charge is -2.21. The number of hydrogen-bond donors (Lipinski definition) is 1. The van der Waals surface area contributed by atoms with E-state index < -0.39 is 0 Å². The van der Waals surface area contributed by atoms with E-state index >= 15 is 0 Å². The minimum absolute atomic E-state index is 0.0435. The summed E-state index contributed by atoms with van der Waals surface area (Å²) >= 11 is 0. The quantitative estimate of drug-likeness (QED) is 0.745. The van der Waals surface area contributed by atoms with Crippen LogP contribution in [0.3, 0.4) is 0 Å². The molecule has 0 spiro atoms. The van der Waals surface area contributed by atoms with Crippen molar-refractivity contribution in [2.24, 2.45) is 0 Å². The Kier molecular flexibility index (Phi) is 7.37. The summed E-state index contributed by atoms with van der Waals surface area (Å²) in [6.07, 6.45) is 8.65. The Morgan fingerprint density at radius 2 is 1.91 bits per heavy atom. The van der Waals surface area contributed by atoms with E-state index in [1.54, 1.807) is 12.1 Å². The van der Waals surface area contributed by atoms with Crippen molar-refractivity contribution in [3.63, 3.8) is 0 Å². The first kappa shape index (κ1) is 16.9. The molecule has 3 nitrogen and oxygen atoms in total. The molecule has 1 aromatic rings. The molecular weight excluding hydrogens is 281 g/mol. The first-order valence-corrected chi connectivity index (χ1v) is 8.37. The van der Waals surface area contributed by atoms with Crippen molar-refractivity contribution in [1.29, 1.82) is 0 Å². The summed E-state index contributed by atoms with van der Waals surface area (Å²) in [6.45, 7) is 1.39. The second-order valence-electron chi connectivity index (χ2n) is 5.96. The molecule has 0 bridgehead atoms. The topological polar surface area (TPSA) is 38.3 Å². The van der Waals surface area contributed by atoms with Crippen LogP contribution < -0.4 is 5.32 Å². The highest BCUT2D eigenvalue weighted by Crippen LogP contribution is 2.20. The van der Waals surface area contributed by atoms with Gasteiger partial charge in [-0.15, -0.1) is 0 Å². The van der Waals surface area contributed by atoms with Gasteiger partial charge in [-0.25, -0.2) is 4.39 Å². The standard InChI is InChI=1S/C18H26FNO2/c19-16-10-7-15(8-11-16)9-12-18(21)20-13-4-14-22-17-5-2-1-3-6-17/h7-8,10-11,17H,1-6,9,12-14H2,(H,20,21). The van der Waals surface area contributed by atoms with Crippen LogP contribution in [0.4, 0.5) is 4.39 Å². The number of carbonyl (C=O) groups excluding carboxylic acids is 1. The first-order valence-electron chi connectivity index (χ1n) is 8.37. The summed E-state index contributed by atoms with van der Waals surface area (Å²) < 4.78 is 18.6. The molecule has 1 aromatic carbocycles. The summed E-state index contributed by atoms with van der Waals surface area (Å²) in [5.74, 6) is -0.201. The number of hydrogen-bond acceptors (Lipinski definition) is 2. The molecule has 0 radical (unpaired) electrons. The molecule has 0 aliphatic heterocycles. The molecule has 4 heteroatoms. The summed E-state index contributed by atoms with van der Waals surface area (Å²) in [6, 6.07) is 6.30. The van der Waals surface area contributed by atoms with Gasteiger partial charge >= 0.3 is 0 Å². The number of amides is 1. The van der Waals surface area contributed by atoms with Crippen molar-refractivity contribution in [2.75, 3.05) is 13.2 Å². The maximum Gasteiger partial charge on any atom is 0.220 e. The van der Waals surface area contributed by atoms with E-state index in [2.05, 4.69) is 5.32 Å². The molecule has 1 saturated carbocycles. The van der Waals surface area contributed by atoms with E-state index in [-0.39, 0.29) is 11.7 Å². The zero-order valence-corrected chi connectivity index (χ0v) is 13.2. The van der Waals surface area contributed by atoms with Crippen LogP contribution in [0.2, 0.25) is 0 Å². The summed E-state index contributed by atoms with van der Waals surface area (Å²) in [7, 11) is 0. The van der Waals surface area contributed by atoms with Crippen molar-refractivity contribution in [1.82, 2.24) is 5.32 Å². The van der Waals surface area contributed by atoms with Gasteiger partial charge in [0.05, 0.1) is 6.10 Å². The second-order valence-corrected chi connectivity index (χ2v) is 5.96. The number of halogens is 1. The van der Waals surface area contributed by atoms with Crippen LogP contribution in [-0.2, 0) is 16.0 Å². The summed E-state index contributed by atoms with van der Waals surface area (Å²) in [5.41, 5.74) is 0.984. The van der Waals surface area contributed by atoms with Crippen molar-refractivity contribution in [2.45, 2.75) is 57.5 Å². The molecule has 0 aromatic heterocycles. The molecule has 0 unspecified atom stereocenters. The Morgan fingerprint density at radius 3 is 2.64 bits per heavy atom. The number of nitrogens with one attached hydrogen (secondary N) is 1. The van der Waals surface area contributed by atoms with Gasteiger partial charge in [-0.05, 0) is 43.4 Å². The van der Waals surface area contributed by atoms with Crippen LogP contribution in [-0.4, -0.2) is 25.2 Å². The van der Waals surface area contributed by atoms with Crippen molar-refractivity contribution in [3.8, 4) is 0 Å². The summed E-state index contributed by atoms with van der Waals surface area (Å²) in [5, 5.41) is 2.91. The first-order chi connectivity index (χ1) is 10.7. The fourth-order valence-electron chi connectivity index (χ4n) is 2.78. The molecule has 122 valence electrons. The van der Waals surface area contributed by atoms with Gasteiger partial charge in [-0.1, -0.05) is 31.4 Å². The summed E-state index contributed by atoms with van der Waals surface area (Å²) in [4.78, 5) is 11.7. The Hall–Kier alpha value is -1.42. The second kappa shape index (κ2) is 9.57. The maximum absolute atomic E-state index is 12.8. The van der Waals surface area contributed by atoms with Gasteiger partial charge in [0.2, 0.25) is 5.91 Å². The Balaban J connectivity index is 1.49. The molecule has 1 N–H and O–H groups in total. The van der Waals surface area contributed by atoms with Gasteiger partial charge < -0.3 is 10.1 Å². The Labute approximate surface area is 132 Å². The van der Waals surface area contributed by atoms with E-state index in [9.17, 15) is 9.18 Å². The smallest absolute Gasteiger partial charge is 0.220 e. The average Bonchev–Trinajstić information content (AvgIpc) is 2.55. The van der Waals surface area contributed by atoms with Gasteiger partial charge in [-0.2, -0.15) is 0 Å². The Bertz CT molecular complexity index is 441. The average molecular weight is 307 g/mol. The van der Waals surface area contributed by atoms with Crippen LogP contribution >= 0.6 is 0 Å². The monoisotopic (exact) mass is 307 g/mol. The maximum atomic E-state index is 12.8. The van der Waals surface area contributed by atoms with Crippen molar-refractivity contribution < 1.29 is 13.9 Å². The fraction of sp³-hybridized carbons (Fsp3) is 0.611. The molecule has 22 heavy (non-hydrogen) atoms. The molecule has 1 aliphatic carbocycles. The van der Waals surface area contributed by atoms with Gasteiger partial charge in [0.1, 0.15) is 5.82 Å². The van der Waals surface area contributed by atoms with Crippen molar-refractivity contribution in [3.05, 3.63) is 35.6 Å². The highest BCUT2D eigenvalue weighted by Gasteiger charge is 2.13. The van der Waals surface area contributed by atoms with Crippen molar-refractivity contribution >= 4 is 5.91 Å². The predicted molar refractivity (Wildman–Crippen MR) is 85.2 cm³/mol. The van der Waals surface area contributed by atoms with E-state index in [1.807, 2.05) is 0 Å². The zero-order valence-electron chi connectivity index (χ0n) is 13.2. The highest BCUT2D eigenvalue weighted by atomic mass is 19.1. The molecule has 0 atom stereocenters. The number of benzene rings is 1. The van der Waals surface area contributed by atoms with Crippen LogP contribution in [0, 0.1) is 5.82 Å². The molecule has 1 fully saturated rings. The fourth-order valence-corrected chi connectivity index (χ4v) is 2.78. The lowest BCUT2D eigenvalue weighted by Crippen LogP contribution is -2.26. The molecule has 0 heterocycles. The van der Waals surface area contributed by atoms with E-state index in [1.165, 1.54) is 44.2 Å². The van der Waals surface area contributed by atoms with Crippen LogP contribution in [0.1, 0.15) is 50.5 Å². The molecule has 1 amide bonds. The van der Waals surface area contributed by atoms with Crippen LogP contribution in [0.25, 0.3) is 0 Å². The SMILES string of the molecule is O=C(CCc1ccc(F)cc1)NCCCOC1CCCCC1. The zero-order chi connectivity index (χ0) is 15.6. The largest absolute Gasteiger partial charge is 0.378 e. The van der Waals surface area contributed by atoms with Gasteiger partial charge in [0.25, 0.3) is 0 Å². The number of aryl methyl sites for hydroxylation is 1. The molecule has 2 rings (SSSR count). The number of rotatable bonds is 8. The molecule has 1 aliphatic rings. The highest BCUT2D eigenvalue weighted by molar-refractivity contribution is 5.76. The van der Waals surface area contributed by atoms with Gasteiger partial charge in [0, 0.05) is 19.6 Å². The third-order valence-corrected chi connectivity index (χ3v) is 4.10. The van der Waals surface area contributed by atoms with E-state index in [0.29, 0.717) is 25.5 Å². The van der Waals surface area contributed by atoms with E-state index in [4.69, 9.17) is 4.74 Å². The third kappa shape index (κ3) is 6.56. The minimum Gasteiger partial charge on any atom is -0.378 e. The predicted octanol–water partition coefficient (Wildman–Crippen LogP) is 3.61. The van der Waals surface area contributed by atoms with Gasteiger partial charge in [-0.3, -0.25) is 4.79 Å². The molecule has 0 saturated heterocycles. The molecular formula is C18H26FNO2. The Morgan fingerprint density at radius 1 is 1.18 bits per heavy atom. The lowest BCUT2D eigenvalue weighted by atomic mass is 9.98.